The topological polar surface area (TPSA) is 384 Å². The molecule has 1 aromatic carbocycles. The standard InChI is InChI=1S/C43H71N13O9/c1-25(2)22-32(39(62)56-34(41(64)65)24-28-14-8-5-9-15-28)54-37(60)30(17-11-21-50-43(47)48)52-40(63)33(23-27-12-6-4-7-13-27)55-38(61)31(18-19-35(44)58)53-36(59)29(51-26(3)57)16-10-20-49-42(45)46/h5,8-9,14-15,25,27,29-34H,4,6-7,10-13,16-24H2,1-3H3,(H2,44,58)(H,51,57)(H,52,63)(H,53,59)(H,54,60)(H,55,61)(H,56,62)(H,64,65)(H4,45,46,49)(H4,47,48,50)/t29-,30-,31-,32-,33-,34-/m0/s1. The van der Waals surface area contributed by atoms with E-state index >= 15 is 0 Å². The Hall–Kier alpha value is -6.48. The van der Waals surface area contributed by atoms with Crippen LogP contribution in [0.25, 0.3) is 0 Å². The Bertz CT molecular complexity index is 1800. The molecule has 362 valence electrons. The highest BCUT2D eigenvalue weighted by atomic mass is 16.4. The second-order valence-electron chi connectivity index (χ2n) is 16.9. The molecule has 0 aromatic heterocycles. The second-order valence-corrected chi connectivity index (χ2v) is 16.9. The summed E-state index contributed by atoms with van der Waals surface area (Å²) in [5, 5.41) is 25.9. The van der Waals surface area contributed by atoms with Crippen molar-refractivity contribution in [2.24, 2.45) is 50.5 Å². The number of hydrogen-bond donors (Lipinski definition) is 12. The molecule has 65 heavy (non-hydrogen) atoms. The van der Waals surface area contributed by atoms with Gasteiger partial charge in [0.25, 0.3) is 0 Å². The summed E-state index contributed by atoms with van der Waals surface area (Å²) in [5.41, 5.74) is 27.9. The molecule has 0 aliphatic heterocycles. The number of amides is 7. The second kappa shape index (κ2) is 29.1. The van der Waals surface area contributed by atoms with Gasteiger partial charge < -0.3 is 65.7 Å². The van der Waals surface area contributed by atoms with Crippen LogP contribution in [-0.2, 0) is 44.8 Å². The van der Waals surface area contributed by atoms with Gasteiger partial charge in [-0.2, -0.15) is 0 Å². The zero-order chi connectivity index (χ0) is 48.5. The van der Waals surface area contributed by atoms with Crippen molar-refractivity contribution >= 4 is 59.2 Å². The summed E-state index contributed by atoms with van der Waals surface area (Å²) < 4.78 is 0. The Labute approximate surface area is 380 Å². The Balaban J connectivity index is 2.44. The summed E-state index contributed by atoms with van der Waals surface area (Å²) in [6.07, 6.45) is 4.68. The zero-order valence-corrected chi connectivity index (χ0v) is 37.8. The Morgan fingerprint density at radius 3 is 1.54 bits per heavy atom. The van der Waals surface area contributed by atoms with Crippen LogP contribution in [0.5, 0.6) is 0 Å². The highest BCUT2D eigenvalue weighted by Gasteiger charge is 2.35. The number of carboxylic acid groups (broad SMARTS) is 1. The van der Waals surface area contributed by atoms with E-state index in [1.165, 1.54) is 6.92 Å². The van der Waals surface area contributed by atoms with Crippen molar-refractivity contribution in [3.8, 4) is 0 Å². The molecular weight excluding hydrogens is 843 g/mol. The molecule has 0 bridgehead atoms. The van der Waals surface area contributed by atoms with Crippen molar-refractivity contribution in [2.45, 2.75) is 147 Å². The maximum Gasteiger partial charge on any atom is 0.326 e. The predicted molar refractivity (Wildman–Crippen MR) is 244 cm³/mol. The monoisotopic (exact) mass is 914 g/mol. The molecule has 22 nitrogen and oxygen atoms in total. The lowest BCUT2D eigenvalue weighted by Gasteiger charge is -2.30. The van der Waals surface area contributed by atoms with Crippen molar-refractivity contribution in [1.82, 2.24) is 31.9 Å². The van der Waals surface area contributed by atoms with Crippen molar-refractivity contribution in [3.05, 3.63) is 35.9 Å². The molecule has 6 atom stereocenters. The van der Waals surface area contributed by atoms with Gasteiger partial charge in [0.15, 0.2) is 11.9 Å². The fourth-order valence-electron chi connectivity index (χ4n) is 7.45. The van der Waals surface area contributed by atoms with Crippen LogP contribution in [0, 0.1) is 11.8 Å². The van der Waals surface area contributed by atoms with Crippen LogP contribution >= 0.6 is 0 Å². The number of rotatable bonds is 29. The van der Waals surface area contributed by atoms with E-state index < -0.39 is 83.6 Å². The minimum atomic E-state index is -1.38. The largest absolute Gasteiger partial charge is 0.480 e. The van der Waals surface area contributed by atoms with Gasteiger partial charge in [0, 0.05) is 32.9 Å². The summed E-state index contributed by atoms with van der Waals surface area (Å²) in [6, 6.07) is 1.23. The van der Waals surface area contributed by atoms with Crippen LogP contribution in [0.15, 0.2) is 40.3 Å². The first kappa shape index (κ1) is 54.7. The SMILES string of the molecule is CC(=O)N[C@@H](CCCN=C(N)N)C(=O)N[C@@H](CCC(N)=O)C(=O)N[C@@H](CC1CCCCC1)C(=O)N[C@@H](CCCN=C(N)N)C(=O)N[C@@H](CC(C)C)C(=O)N[C@@H](Cc1ccccc1)C(=O)O. The molecule has 0 saturated heterocycles. The third-order valence-corrected chi connectivity index (χ3v) is 10.7. The van der Waals surface area contributed by atoms with E-state index in [0.717, 1.165) is 32.1 Å². The normalized spacial score (nSPS) is 15.3. The number of aliphatic carboxylic acids is 1. The molecule has 2 rings (SSSR count). The summed E-state index contributed by atoms with van der Waals surface area (Å²) in [7, 11) is 0. The van der Waals surface area contributed by atoms with Gasteiger partial charge in [-0.25, -0.2) is 4.79 Å². The lowest BCUT2D eigenvalue weighted by Crippen LogP contribution is -2.60. The molecule has 22 heteroatoms. The molecule has 7 amide bonds. The molecule has 1 saturated carbocycles. The van der Waals surface area contributed by atoms with Gasteiger partial charge in [0.05, 0.1) is 0 Å². The van der Waals surface area contributed by atoms with E-state index in [2.05, 4.69) is 41.9 Å². The molecule has 0 spiro atoms. The average molecular weight is 914 g/mol. The fraction of sp³-hybridized carbons (Fsp3) is 0.628. The van der Waals surface area contributed by atoms with E-state index in [9.17, 15) is 43.5 Å². The predicted octanol–water partition coefficient (Wildman–Crippen LogP) is -1.37. The van der Waals surface area contributed by atoms with Crippen LogP contribution in [0.4, 0.5) is 0 Å². The maximum absolute atomic E-state index is 14.4. The van der Waals surface area contributed by atoms with E-state index in [4.69, 9.17) is 28.7 Å². The molecule has 0 heterocycles. The van der Waals surface area contributed by atoms with Gasteiger partial charge in [-0.1, -0.05) is 76.3 Å². The van der Waals surface area contributed by atoms with Crippen LogP contribution < -0.4 is 60.6 Å². The molecule has 0 radical (unpaired) electrons. The first-order valence-corrected chi connectivity index (χ1v) is 22.2. The maximum atomic E-state index is 14.4. The minimum Gasteiger partial charge on any atom is -0.480 e. The lowest BCUT2D eigenvalue weighted by molar-refractivity contribution is -0.142. The third-order valence-electron chi connectivity index (χ3n) is 10.7. The number of guanidine groups is 2. The number of nitrogens with one attached hydrogen (secondary N) is 6. The number of nitrogens with zero attached hydrogens (tertiary/aromatic N) is 2. The summed E-state index contributed by atoms with van der Waals surface area (Å²) in [4.78, 5) is 114. The average Bonchev–Trinajstić information content (AvgIpc) is 3.23. The molecular formula is C43H71N13O9. The van der Waals surface area contributed by atoms with Gasteiger partial charge in [-0.3, -0.25) is 43.5 Å². The van der Waals surface area contributed by atoms with Crippen molar-refractivity contribution in [3.63, 3.8) is 0 Å². The Morgan fingerprint density at radius 2 is 1.06 bits per heavy atom. The van der Waals surface area contributed by atoms with E-state index in [-0.39, 0.29) is 88.2 Å². The number of primary amides is 1. The number of hydrogen-bond acceptors (Lipinski definition) is 10. The molecule has 1 aliphatic carbocycles. The Morgan fingerprint density at radius 1 is 0.615 bits per heavy atom. The first-order valence-electron chi connectivity index (χ1n) is 22.2. The third kappa shape index (κ3) is 22.6. The number of aliphatic imine (C=N–C) groups is 2. The fourth-order valence-corrected chi connectivity index (χ4v) is 7.45. The van der Waals surface area contributed by atoms with E-state index in [1.54, 1.807) is 30.3 Å². The van der Waals surface area contributed by atoms with Crippen molar-refractivity contribution in [1.29, 1.82) is 0 Å². The number of benzene rings is 1. The summed E-state index contributed by atoms with van der Waals surface area (Å²) >= 11 is 0. The lowest BCUT2D eigenvalue weighted by atomic mass is 9.84. The molecule has 1 fully saturated rings. The van der Waals surface area contributed by atoms with Crippen LogP contribution in [0.1, 0.15) is 110 Å². The number of nitrogens with two attached hydrogens (primary N) is 5. The van der Waals surface area contributed by atoms with Crippen LogP contribution in [0.2, 0.25) is 0 Å². The molecule has 17 N–H and O–H groups in total. The van der Waals surface area contributed by atoms with E-state index in [0.29, 0.717) is 12.0 Å². The molecule has 0 unspecified atom stereocenters. The van der Waals surface area contributed by atoms with Gasteiger partial charge in [0.2, 0.25) is 41.4 Å². The van der Waals surface area contributed by atoms with Crippen LogP contribution in [-0.4, -0.2) is 114 Å². The number of carbonyl (C=O) groups is 8. The van der Waals surface area contributed by atoms with Crippen molar-refractivity contribution in [2.75, 3.05) is 13.1 Å². The summed E-state index contributed by atoms with van der Waals surface area (Å²) in [6.45, 7) is 5.12. The first-order chi connectivity index (χ1) is 30.7. The smallest absolute Gasteiger partial charge is 0.326 e. The van der Waals surface area contributed by atoms with Gasteiger partial charge in [-0.15, -0.1) is 0 Å². The number of carbonyl (C=O) groups excluding carboxylic acids is 7. The highest BCUT2D eigenvalue weighted by Crippen LogP contribution is 2.27. The minimum absolute atomic E-state index is 0.00845. The van der Waals surface area contributed by atoms with Gasteiger partial charge in [0.1, 0.15) is 36.3 Å². The zero-order valence-electron chi connectivity index (χ0n) is 37.8. The molecule has 1 aliphatic rings. The van der Waals surface area contributed by atoms with Crippen LogP contribution in [0.3, 0.4) is 0 Å². The Kier molecular flexibility index (Phi) is 24.4. The van der Waals surface area contributed by atoms with E-state index in [1.807, 2.05) is 13.8 Å². The molecule has 1 aromatic rings. The quantitative estimate of drug-likeness (QED) is 0.0251. The highest BCUT2D eigenvalue weighted by molar-refractivity contribution is 5.97. The van der Waals surface area contributed by atoms with Gasteiger partial charge >= 0.3 is 5.97 Å². The van der Waals surface area contributed by atoms with Crippen molar-refractivity contribution < 1.29 is 43.5 Å². The van der Waals surface area contributed by atoms with Gasteiger partial charge in [-0.05, 0) is 62.3 Å². The number of carboxylic acids is 1. The summed E-state index contributed by atoms with van der Waals surface area (Å²) in [5.74, 6) is -6.77.